The van der Waals surface area contributed by atoms with Crippen molar-refractivity contribution < 1.29 is 14.0 Å². The number of ketones is 2. The van der Waals surface area contributed by atoms with Gasteiger partial charge in [0.05, 0.1) is 6.26 Å². The fourth-order valence-electron chi connectivity index (χ4n) is 4.72. The molecule has 1 aromatic heterocycles. The lowest BCUT2D eigenvalue weighted by Crippen LogP contribution is -2.24. The summed E-state index contributed by atoms with van der Waals surface area (Å²) < 4.78 is 5.48. The van der Waals surface area contributed by atoms with Crippen LogP contribution in [-0.4, -0.2) is 11.6 Å². The van der Waals surface area contributed by atoms with Crippen LogP contribution in [0.3, 0.4) is 0 Å². The Balaban J connectivity index is 1.45. The van der Waals surface area contributed by atoms with E-state index < -0.39 is 0 Å². The second kappa shape index (κ2) is 7.75. The highest BCUT2D eigenvalue weighted by atomic mass is 16.3. The average Bonchev–Trinajstić information content (AvgIpc) is 3.30. The number of rotatable bonds is 6. The standard InChI is InChI=1S/C25H26O3/c1-3-20-17(8-10-23(20)21-12-13-28-16(21)2)9-11-25(27)24-15-19(26)14-18-6-4-5-7-22(18)24/h4-8,10,12-13,20,24H,3,9,11,14-15H2,1-2H3. The molecule has 0 aliphatic heterocycles. The molecule has 28 heavy (non-hydrogen) atoms. The lowest BCUT2D eigenvalue weighted by Gasteiger charge is -2.24. The average molecular weight is 374 g/mol. The van der Waals surface area contributed by atoms with Crippen molar-refractivity contribution in [1.82, 2.24) is 0 Å². The largest absolute Gasteiger partial charge is 0.469 e. The molecule has 0 N–H and O–H groups in total. The minimum Gasteiger partial charge on any atom is -0.469 e. The summed E-state index contributed by atoms with van der Waals surface area (Å²) in [4.78, 5) is 25.1. The maximum atomic E-state index is 13.0. The van der Waals surface area contributed by atoms with Gasteiger partial charge in [0.1, 0.15) is 17.3 Å². The van der Waals surface area contributed by atoms with Gasteiger partial charge in [-0.25, -0.2) is 0 Å². The fraction of sp³-hybridized carbons (Fsp3) is 0.360. The van der Waals surface area contributed by atoms with E-state index in [-0.39, 0.29) is 17.5 Å². The normalized spacial score (nSPS) is 21.3. The molecule has 0 amide bonds. The molecule has 3 nitrogen and oxygen atoms in total. The Labute approximate surface area is 166 Å². The van der Waals surface area contributed by atoms with Gasteiger partial charge < -0.3 is 4.42 Å². The molecule has 2 unspecified atom stereocenters. The van der Waals surface area contributed by atoms with Gasteiger partial charge in [0.2, 0.25) is 0 Å². The minimum absolute atomic E-state index is 0.169. The van der Waals surface area contributed by atoms with Crippen LogP contribution in [-0.2, 0) is 16.0 Å². The third-order valence-corrected chi connectivity index (χ3v) is 6.18. The first-order valence-corrected chi connectivity index (χ1v) is 10.2. The zero-order valence-corrected chi connectivity index (χ0v) is 16.5. The van der Waals surface area contributed by atoms with Crippen LogP contribution in [0.25, 0.3) is 5.57 Å². The summed E-state index contributed by atoms with van der Waals surface area (Å²) in [5.74, 6) is 1.35. The van der Waals surface area contributed by atoms with Crippen LogP contribution in [0, 0.1) is 12.8 Å². The highest BCUT2D eigenvalue weighted by Gasteiger charge is 2.31. The van der Waals surface area contributed by atoms with Crippen molar-refractivity contribution in [2.45, 2.75) is 51.9 Å². The molecule has 0 saturated heterocycles. The second-order valence-electron chi connectivity index (χ2n) is 7.85. The molecular weight excluding hydrogens is 348 g/mol. The zero-order valence-electron chi connectivity index (χ0n) is 16.5. The number of hydrogen-bond donors (Lipinski definition) is 0. The SMILES string of the molecule is CCC1C(CCC(=O)C2CC(=O)Cc3ccccc32)=CC=C1c1ccoc1C. The molecule has 0 spiro atoms. The predicted octanol–water partition coefficient (Wildman–Crippen LogP) is 5.59. The molecule has 144 valence electrons. The molecule has 2 aliphatic rings. The number of hydrogen-bond acceptors (Lipinski definition) is 3. The van der Waals surface area contributed by atoms with Gasteiger partial charge in [-0.15, -0.1) is 0 Å². The molecular formula is C25H26O3. The first-order chi connectivity index (χ1) is 13.6. The molecule has 2 aromatic rings. The van der Waals surface area contributed by atoms with E-state index in [0.717, 1.165) is 35.3 Å². The third kappa shape index (κ3) is 3.42. The monoisotopic (exact) mass is 374 g/mol. The summed E-state index contributed by atoms with van der Waals surface area (Å²) in [6.45, 7) is 4.17. The van der Waals surface area contributed by atoms with E-state index in [1.807, 2.05) is 37.3 Å². The quantitative estimate of drug-likeness (QED) is 0.662. The molecule has 2 aliphatic carbocycles. The van der Waals surface area contributed by atoms with Gasteiger partial charge in [0, 0.05) is 36.7 Å². The lowest BCUT2D eigenvalue weighted by molar-refractivity contribution is -0.126. The lowest BCUT2D eigenvalue weighted by atomic mass is 9.78. The number of carbonyl (C=O) groups excluding carboxylic acids is 2. The first kappa shape index (κ1) is 18.7. The van der Waals surface area contributed by atoms with Crippen LogP contribution < -0.4 is 0 Å². The van der Waals surface area contributed by atoms with Crippen LogP contribution in [0.5, 0.6) is 0 Å². The molecule has 0 saturated carbocycles. The summed E-state index contributed by atoms with van der Waals surface area (Å²) in [6, 6.07) is 9.92. The number of benzene rings is 1. The topological polar surface area (TPSA) is 47.3 Å². The number of furan rings is 1. The van der Waals surface area contributed by atoms with E-state index >= 15 is 0 Å². The van der Waals surface area contributed by atoms with E-state index in [1.54, 1.807) is 6.26 Å². The Kier molecular flexibility index (Phi) is 5.17. The van der Waals surface area contributed by atoms with Crippen LogP contribution >= 0.6 is 0 Å². The van der Waals surface area contributed by atoms with Crippen molar-refractivity contribution in [3.05, 3.63) is 76.8 Å². The molecule has 0 bridgehead atoms. The Bertz CT molecular complexity index is 973. The zero-order chi connectivity index (χ0) is 19.7. The van der Waals surface area contributed by atoms with Gasteiger partial charge in [-0.05, 0) is 42.5 Å². The third-order valence-electron chi connectivity index (χ3n) is 6.18. The Hall–Kier alpha value is -2.68. The van der Waals surface area contributed by atoms with Crippen molar-refractivity contribution >= 4 is 17.1 Å². The van der Waals surface area contributed by atoms with Gasteiger partial charge in [0.15, 0.2) is 0 Å². The summed E-state index contributed by atoms with van der Waals surface area (Å²) >= 11 is 0. The number of aryl methyl sites for hydroxylation is 1. The molecule has 0 fully saturated rings. The van der Waals surface area contributed by atoms with E-state index in [2.05, 4.69) is 19.1 Å². The predicted molar refractivity (Wildman–Crippen MR) is 110 cm³/mol. The molecule has 1 heterocycles. The van der Waals surface area contributed by atoms with E-state index in [9.17, 15) is 9.59 Å². The van der Waals surface area contributed by atoms with E-state index in [1.165, 1.54) is 11.1 Å². The molecule has 1 aromatic carbocycles. The highest BCUT2D eigenvalue weighted by molar-refractivity contribution is 5.95. The molecule has 4 rings (SSSR count). The number of carbonyl (C=O) groups is 2. The van der Waals surface area contributed by atoms with Gasteiger partial charge >= 0.3 is 0 Å². The van der Waals surface area contributed by atoms with Gasteiger partial charge in [-0.1, -0.05) is 48.9 Å². The Morgan fingerprint density at radius 2 is 2.00 bits per heavy atom. The fourth-order valence-corrected chi connectivity index (χ4v) is 4.72. The maximum Gasteiger partial charge on any atom is 0.141 e. The molecule has 0 radical (unpaired) electrons. The van der Waals surface area contributed by atoms with Crippen molar-refractivity contribution in [2.24, 2.45) is 5.92 Å². The highest BCUT2D eigenvalue weighted by Crippen LogP contribution is 2.40. The Morgan fingerprint density at radius 1 is 1.18 bits per heavy atom. The minimum atomic E-state index is -0.275. The van der Waals surface area contributed by atoms with Crippen LogP contribution in [0.4, 0.5) is 0 Å². The van der Waals surface area contributed by atoms with Crippen molar-refractivity contribution in [1.29, 1.82) is 0 Å². The number of fused-ring (bicyclic) bond motifs is 1. The molecule has 3 heteroatoms. The number of Topliss-reactive ketones (excluding diaryl/α,β-unsaturated/α-hetero) is 2. The summed E-state index contributed by atoms with van der Waals surface area (Å²) in [6.07, 6.45) is 9.12. The summed E-state index contributed by atoms with van der Waals surface area (Å²) in [5, 5.41) is 0. The number of allylic oxidation sites excluding steroid dienone is 4. The van der Waals surface area contributed by atoms with Crippen LogP contribution in [0.15, 0.2) is 58.7 Å². The summed E-state index contributed by atoms with van der Waals surface area (Å²) in [7, 11) is 0. The second-order valence-corrected chi connectivity index (χ2v) is 7.85. The molecule has 2 atom stereocenters. The van der Waals surface area contributed by atoms with Crippen molar-refractivity contribution in [2.75, 3.05) is 0 Å². The van der Waals surface area contributed by atoms with Crippen molar-refractivity contribution in [3.63, 3.8) is 0 Å². The van der Waals surface area contributed by atoms with Crippen molar-refractivity contribution in [3.8, 4) is 0 Å². The Morgan fingerprint density at radius 3 is 2.75 bits per heavy atom. The van der Waals surface area contributed by atoms with Crippen LogP contribution in [0.2, 0.25) is 0 Å². The van der Waals surface area contributed by atoms with Gasteiger partial charge in [0.25, 0.3) is 0 Å². The van der Waals surface area contributed by atoms with Gasteiger partial charge in [-0.3, -0.25) is 9.59 Å². The van der Waals surface area contributed by atoms with E-state index in [4.69, 9.17) is 4.42 Å². The maximum absolute atomic E-state index is 13.0. The van der Waals surface area contributed by atoms with E-state index in [0.29, 0.717) is 25.2 Å². The first-order valence-electron chi connectivity index (χ1n) is 10.2. The smallest absolute Gasteiger partial charge is 0.141 e. The van der Waals surface area contributed by atoms with Crippen LogP contribution in [0.1, 0.15) is 61.0 Å². The van der Waals surface area contributed by atoms with Gasteiger partial charge in [-0.2, -0.15) is 0 Å². The summed E-state index contributed by atoms with van der Waals surface area (Å²) in [5.41, 5.74) is 5.82.